The largest absolute Gasteiger partial charge is 0.380 e. The predicted octanol–water partition coefficient (Wildman–Crippen LogP) is 4.60. The van der Waals surface area contributed by atoms with Crippen LogP contribution in [0, 0.1) is 20.8 Å². The van der Waals surface area contributed by atoms with E-state index in [0.717, 1.165) is 46.1 Å². The summed E-state index contributed by atoms with van der Waals surface area (Å²) >= 11 is 3.56. The molecule has 10 heteroatoms. The summed E-state index contributed by atoms with van der Waals surface area (Å²) in [5.41, 5.74) is 3.75. The maximum Gasteiger partial charge on any atom is 0.242 e. The molecule has 0 aliphatic carbocycles. The maximum absolute atomic E-state index is 12.8. The van der Waals surface area contributed by atoms with Crippen molar-refractivity contribution in [3.63, 3.8) is 0 Å². The summed E-state index contributed by atoms with van der Waals surface area (Å²) in [6.07, 6.45) is 5.53. The molecular formula is C29H47BrN4O5. The fourth-order valence-corrected chi connectivity index (χ4v) is 4.40. The molecule has 39 heavy (non-hydrogen) atoms. The second-order valence-corrected chi connectivity index (χ2v) is 10.6. The summed E-state index contributed by atoms with van der Waals surface area (Å²) in [7, 11) is 0. The second-order valence-electron chi connectivity index (χ2n) is 9.85. The van der Waals surface area contributed by atoms with Crippen molar-refractivity contribution in [3.05, 3.63) is 27.2 Å². The van der Waals surface area contributed by atoms with E-state index in [4.69, 9.17) is 4.74 Å². The van der Waals surface area contributed by atoms with Crippen molar-refractivity contribution in [2.45, 2.75) is 98.4 Å². The number of ether oxygens (including phenoxy) is 1. The van der Waals surface area contributed by atoms with Crippen LogP contribution in [0.4, 0.5) is 5.69 Å². The van der Waals surface area contributed by atoms with Gasteiger partial charge in [-0.25, -0.2) is 0 Å². The number of rotatable bonds is 19. The van der Waals surface area contributed by atoms with E-state index < -0.39 is 6.04 Å². The van der Waals surface area contributed by atoms with Gasteiger partial charge in [0.15, 0.2) is 0 Å². The number of halogens is 1. The Morgan fingerprint density at radius 1 is 0.821 bits per heavy atom. The topological polar surface area (TPSA) is 126 Å². The van der Waals surface area contributed by atoms with Gasteiger partial charge in [-0.05, 0) is 63.1 Å². The van der Waals surface area contributed by atoms with E-state index in [2.05, 4.69) is 44.1 Å². The summed E-state index contributed by atoms with van der Waals surface area (Å²) in [5.74, 6) is -0.723. The van der Waals surface area contributed by atoms with Gasteiger partial charge in [-0.15, -0.1) is 0 Å². The fraction of sp³-hybridized carbons (Fsp3) is 0.655. The van der Waals surface area contributed by atoms with Crippen molar-refractivity contribution >= 4 is 45.2 Å². The van der Waals surface area contributed by atoms with Gasteiger partial charge in [0.2, 0.25) is 23.6 Å². The molecule has 0 saturated heterocycles. The van der Waals surface area contributed by atoms with Gasteiger partial charge in [-0.2, -0.15) is 0 Å². The lowest BCUT2D eigenvalue weighted by atomic mass is 10.0. The lowest BCUT2D eigenvalue weighted by Crippen LogP contribution is -2.47. The minimum absolute atomic E-state index is 0.0672. The maximum atomic E-state index is 12.8. The van der Waals surface area contributed by atoms with Crippen LogP contribution in [0.1, 0.15) is 88.3 Å². The highest BCUT2D eigenvalue weighted by atomic mass is 79.9. The van der Waals surface area contributed by atoms with Crippen molar-refractivity contribution in [1.29, 1.82) is 0 Å². The quantitative estimate of drug-likeness (QED) is 0.170. The second kappa shape index (κ2) is 19.6. The number of hydrogen-bond acceptors (Lipinski definition) is 5. The van der Waals surface area contributed by atoms with Crippen molar-refractivity contribution in [1.82, 2.24) is 16.0 Å². The van der Waals surface area contributed by atoms with E-state index in [1.54, 1.807) is 0 Å². The molecule has 9 nitrogen and oxygen atoms in total. The molecule has 1 rings (SSSR count). The molecule has 0 aliphatic rings. The van der Waals surface area contributed by atoms with Gasteiger partial charge >= 0.3 is 0 Å². The Morgan fingerprint density at radius 3 is 2.26 bits per heavy atom. The number of unbranched alkanes of at least 4 members (excludes halogenated alkanes) is 2. The Labute approximate surface area is 242 Å². The smallest absolute Gasteiger partial charge is 0.242 e. The molecule has 4 amide bonds. The summed E-state index contributed by atoms with van der Waals surface area (Å²) < 4.78 is 6.49. The molecule has 0 bridgehead atoms. The highest BCUT2D eigenvalue weighted by molar-refractivity contribution is 9.10. The van der Waals surface area contributed by atoms with Gasteiger partial charge in [0, 0.05) is 49.1 Å². The standard InChI is InChI=1S/C29H47BrN4O5/c1-6-8-9-12-24(35)31-15-10-17-39-18-16-32-29(38)23(33-25(36)11-7-2)13-14-26(37)34-28-21(4)19-20(3)27(30)22(28)5/h19,23H,6-18H2,1-5H3,(H,31,35)(H,32,38)(H,33,36)(H,34,37)/t23-/m1/s1. The van der Waals surface area contributed by atoms with Crippen molar-refractivity contribution in [2.75, 3.05) is 31.6 Å². The molecule has 1 atom stereocenters. The molecule has 4 N–H and O–H groups in total. The number of carbonyl (C=O) groups excluding carboxylic acids is 4. The van der Waals surface area contributed by atoms with Gasteiger partial charge in [-0.3, -0.25) is 19.2 Å². The number of aryl methyl sites for hydroxylation is 2. The van der Waals surface area contributed by atoms with Gasteiger partial charge in [-0.1, -0.05) is 48.7 Å². The molecule has 0 unspecified atom stereocenters. The third kappa shape index (κ3) is 13.9. The first-order chi connectivity index (χ1) is 18.6. The van der Waals surface area contributed by atoms with Crippen LogP contribution < -0.4 is 21.3 Å². The van der Waals surface area contributed by atoms with Gasteiger partial charge in [0.05, 0.1) is 6.61 Å². The van der Waals surface area contributed by atoms with Crippen molar-refractivity contribution in [2.24, 2.45) is 0 Å². The zero-order valence-corrected chi connectivity index (χ0v) is 25.9. The fourth-order valence-electron chi connectivity index (χ4n) is 4.09. The highest BCUT2D eigenvalue weighted by Crippen LogP contribution is 2.31. The molecular weight excluding hydrogens is 564 g/mol. The summed E-state index contributed by atoms with van der Waals surface area (Å²) in [6, 6.07) is 1.19. The average molecular weight is 612 g/mol. The first-order valence-electron chi connectivity index (χ1n) is 14.1. The van der Waals surface area contributed by atoms with Crippen LogP contribution in [-0.2, 0) is 23.9 Å². The highest BCUT2D eigenvalue weighted by Gasteiger charge is 2.22. The van der Waals surface area contributed by atoms with Crippen LogP contribution in [0.3, 0.4) is 0 Å². The van der Waals surface area contributed by atoms with Crippen LogP contribution >= 0.6 is 15.9 Å². The van der Waals surface area contributed by atoms with Gasteiger partial charge in [0.25, 0.3) is 0 Å². The minimum atomic E-state index is -0.815. The number of anilines is 1. The third-order valence-electron chi connectivity index (χ3n) is 6.27. The number of hydrogen-bond donors (Lipinski definition) is 4. The summed E-state index contributed by atoms with van der Waals surface area (Å²) in [6.45, 7) is 11.5. The summed E-state index contributed by atoms with van der Waals surface area (Å²) in [5, 5.41) is 11.4. The molecule has 0 fully saturated rings. The molecule has 0 radical (unpaired) electrons. The van der Waals surface area contributed by atoms with Crippen LogP contribution in [0.2, 0.25) is 0 Å². The molecule has 0 aromatic heterocycles. The van der Waals surface area contributed by atoms with Gasteiger partial charge in [0.1, 0.15) is 6.04 Å². The van der Waals surface area contributed by atoms with Gasteiger partial charge < -0.3 is 26.0 Å². The lowest BCUT2D eigenvalue weighted by Gasteiger charge is -2.19. The summed E-state index contributed by atoms with van der Waals surface area (Å²) in [4.78, 5) is 49.4. The Morgan fingerprint density at radius 2 is 1.56 bits per heavy atom. The first-order valence-corrected chi connectivity index (χ1v) is 14.9. The Kier molecular flexibility index (Phi) is 17.4. The number of benzene rings is 1. The Bertz CT molecular complexity index is 954. The zero-order valence-electron chi connectivity index (χ0n) is 24.3. The number of carbonyl (C=O) groups is 4. The van der Waals surface area contributed by atoms with E-state index in [9.17, 15) is 19.2 Å². The molecule has 0 aliphatic heterocycles. The number of nitrogens with one attached hydrogen (secondary N) is 4. The predicted molar refractivity (Wildman–Crippen MR) is 159 cm³/mol. The van der Waals surface area contributed by atoms with E-state index >= 15 is 0 Å². The number of amides is 4. The zero-order chi connectivity index (χ0) is 29.2. The van der Waals surface area contributed by atoms with E-state index in [1.807, 2.05) is 33.8 Å². The monoisotopic (exact) mass is 610 g/mol. The SMILES string of the molecule is CCCCCC(=O)NCCCOCCNC(=O)[C@@H](CCC(=O)Nc1c(C)cc(C)c(Br)c1C)NC(=O)CCC. The Balaban J connectivity index is 2.47. The van der Waals surface area contributed by atoms with Crippen LogP contribution in [0.15, 0.2) is 10.5 Å². The molecule has 0 heterocycles. The van der Waals surface area contributed by atoms with Crippen LogP contribution in [0.5, 0.6) is 0 Å². The van der Waals surface area contributed by atoms with Crippen molar-refractivity contribution in [3.8, 4) is 0 Å². The third-order valence-corrected chi connectivity index (χ3v) is 7.49. The molecule has 220 valence electrons. The lowest BCUT2D eigenvalue weighted by molar-refractivity contribution is -0.129. The van der Waals surface area contributed by atoms with E-state index in [0.29, 0.717) is 45.4 Å². The van der Waals surface area contributed by atoms with Crippen LogP contribution in [0.25, 0.3) is 0 Å². The van der Waals surface area contributed by atoms with Crippen LogP contribution in [-0.4, -0.2) is 56.0 Å². The van der Waals surface area contributed by atoms with Crippen molar-refractivity contribution < 1.29 is 23.9 Å². The normalized spacial score (nSPS) is 11.5. The molecule has 1 aromatic rings. The average Bonchev–Trinajstić information content (AvgIpc) is 2.89. The molecule has 1 aromatic carbocycles. The minimum Gasteiger partial charge on any atom is -0.380 e. The first kappa shape index (κ1) is 34.6. The van der Waals surface area contributed by atoms with E-state index in [1.165, 1.54) is 0 Å². The molecule has 0 saturated carbocycles. The van der Waals surface area contributed by atoms with E-state index in [-0.39, 0.29) is 43.0 Å². The molecule has 0 spiro atoms. The Hall–Kier alpha value is -2.46.